The zero-order valence-electron chi connectivity index (χ0n) is 10.8. The number of benzene rings is 1. The van der Waals surface area contributed by atoms with Crippen molar-refractivity contribution < 1.29 is 10.1 Å². The number of hydrogen-bond acceptors (Lipinski definition) is 5. The highest BCUT2D eigenvalue weighted by Crippen LogP contribution is 2.13. The van der Waals surface area contributed by atoms with E-state index in [-0.39, 0.29) is 11.5 Å². The fourth-order valence-electron chi connectivity index (χ4n) is 1.57. The smallest absolute Gasteiger partial charge is 0.409 e. The van der Waals surface area contributed by atoms with Crippen molar-refractivity contribution in [1.29, 1.82) is 0 Å². The number of hydrogen-bond donors (Lipinski definition) is 1. The van der Waals surface area contributed by atoms with E-state index in [2.05, 4.69) is 10.1 Å². The summed E-state index contributed by atoms with van der Waals surface area (Å²) in [5.74, 6) is -0.517. The van der Waals surface area contributed by atoms with Crippen LogP contribution in [-0.4, -0.2) is 30.9 Å². The molecular weight excluding hydrogens is 286 g/mol. The molecule has 0 saturated heterocycles. The van der Waals surface area contributed by atoms with Gasteiger partial charge in [-0.05, 0) is 47.8 Å². The average molecular weight is 298 g/mol. The molecule has 20 heavy (non-hydrogen) atoms. The molecule has 0 aliphatic carbocycles. The van der Waals surface area contributed by atoms with Crippen molar-refractivity contribution in [2.45, 2.75) is 19.9 Å². The second-order valence-electron chi connectivity index (χ2n) is 4.28. The van der Waals surface area contributed by atoms with Crippen molar-refractivity contribution in [2.75, 3.05) is 0 Å². The van der Waals surface area contributed by atoms with Gasteiger partial charge in [0.15, 0.2) is 0 Å². The van der Waals surface area contributed by atoms with Crippen molar-refractivity contribution in [3.05, 3.63) is 44.9 Å². The lowest BCUT2D eigenvalue weighted by atomic mass is 10.3. The molecule has 0 saturated carbocycles. The fourth-order valence-corrected chi connectivity index (χ4v) is 1.70. The first-order valence-electron chi connectivity index (χ1n) is 5.76. The van der Waals surface area contributed by atoms with Crippen LogP contribution in [0.15, 0.2) is 29.3 Å². The van der Waals surface area contributed by atoms with E-state index in [0.29, 0.717) is 15.6 Å². The predicted octanol–water partition coefficient (Wildman–Crippen LogP) is 1.78. The summed E-state index contributed by atoms with van der Waals surface area (Å²) in [5, 5.41) is 25.3. The number of nitrogens with zero attached hydrogens (tertiary/aromatic N) is 5. The van der Waals surface area contributed by atoms with Gasteiger partial charge in [0.1, 0.15) is 5.69 Å². The molecule has 0 amide bonds. The molecule has 8 nitrogen and oxygen atoms in total. The number of nitro groups is 1. The van der Waals surface area contributed by atoms with Gasteiger partial charge in [0.25, 0.3) is 5.49 Å². The molecule has 1 aromatic heterocycles. The van der Waals surface area contributed by atoms with Gasteiger partial charge in [-0.15, -0.1) is 0 Å². The van der Waals surface area contributed by atoms with E-state index >= 15 is 0 Å². The topological polar surface area (TPSA) is 98.5 Å². The Morgan fingerprint density at radius 2 is 2.00 bits per heavy atom. The maximum absolute atomic E-state index is 11.0. The van der Waals surface area contributed by atoms with E-state index in [1.54, 1.807) is 38.1 Å². The Kier molecular flexibility index (Phi) is 3.75. The molecule has 1 aromatic carbocycles. The van der Waals surface area contributed by atoms with E-state index in [9.17, 15) is 15.3 Å². The third kappa shape index (κ3) is 2.64. The minimum atomic E-state index is -0.694. The highest BCUT2D eigenvalue weighted by atomic mass is 35.5. The van der Waals surface area contributed by atoms with Crippen LogP contribution < -0.4 is 5.49 Å². The summed E-state index contributed by atoms with van der Waals surface area (Å²) in [5.41, 5.74) is 0.213. The molecule has 1 heterocycles. The SMILES string of the molecule is CC(C)N=c1c([N+](=O)[O-])nn(-c2ccc(Cl)cc2)n1O. The maximum atomic E-state index is 11.0. The summed E-state index contributed by atoms with van der Waals surface area (Å²) in [6.45, 7) is 3.48. The zero-order chi connectivity index (χ0) is 14.9. The third-order valence-corrected chi connectivity index (χ3v) is 2.62. The van der Waals surface area contributed by atoms with Gasteiger partial charge in [-0.25, -0.2) is 0 Å². The number of rotatable bonds is 3. The molecule has 0 fully saturated rings. The van der Waals surface area contributed by atoms with Crippen LogP contribution in [0.3, 0.4) is 0 Å². The minimum absolute atomic E-state index is 0.208. The van der Waals surface area contributed by atoms with E-state index in [1.165, 1.54) is 0 Å². The van der Waals surface area contributed by atoms with Gasteiger partial charge >= 0.3 is 5.82 Å². The Balaban J connectivity index is 2.67. The molecule has 106 valence electrons. The lowest BCUT2D eigenvalue weighted by molar-refractivity contribution is -0.391. The van der Waals surface area contributed by atoms with Crippen LogP contribution in [0.1, 0.15) is 13.8 Å². The molecule has 0 radical (unpaired) electrons. The van der Waals surface area contributed by atoms with Crippen molar-refractivity contribution in [1.82, 2.24) is 14.7 Å². The fraction of sp³-hybridized carbons (Fsp3) is 0.273. The second kappa shape index (κ2) is 5.33. The van der Waals surface area contributed by atoms with Crippen molar-refractivity contribution in [2.24, 2.45) is 4.99 Å². The van der Waals surface area contributed by atoms with Crippen molar-refractivity contribution in [3.8, 4) is 5.69 Å². The first-order valence-corrected chi connectivity index (χ1v) is 6.13. The highest BCUT2D eigenvalue weighted by molar-refractivity contribution is 6.30. The molecule has 9 heteroatoms. The molecule has 2 rings (SSSR count). The van der Waals surface area contributed by atoms with Gasteiger partial charge < -0.3 is 15.3 Å². The van der Waals surface area contributed by atoms with Gasteiger partial charge in [0, 0.05) is 11.1 Å². The van der Waals surface area contributed by atoms with Crippen LogP contribution >= 0.6 is 11.6 Å². The van der Waals surface area contributed by atoms with E-state index in [0.717, 1.165) is 4.80 Å². The summed E-state index contributed by atoms with van der Waals surface area (Å²) in [6, 6.07) is 6.10. The monoisotopic (exact) mass is 297 g/mol. The molecule has 0 spiro atoms. The summed E-state index contributed by atoms with van der Waals surface area (Å²) in [7, 11) is 0. The molecule has 0 atom stereocenters. The van der Waals surface area contributed by atoms with Gasteiger partial charge in [0.2, 0.25) is 0 Å². The molecule has 1 N–H and O–H groups in total. The largest absolute Gasteiger partial charge is 0.438 e. The van der Waals surface area contributed by atoms with Crippen LogP contribution in [0.25, 0.3) is 5.69 Å². The molecule has 0 bridgehead atoms. The summed E-state index contributed by atoms with van der Waals surface area (Å²) in [6.07, 6.45) is 0. The Morgan fingerprint density at radius 1 is 1.40 bits per heavy atom. The first-order chi connectivity index (χ1) is 9.40. The third-order valence-electron chi connectivity index (χ3n) is 2.37. The van der Waals surface area contributed by atoms with Gasteiger partial charge in [-0.2, -0.15) is 0 Å². The Morgan fingerprint density at radius 3 is 2.50 bits per heavy atom. The van der Waals surface area contributed by atoms with Crippen LogP contribution in [0.2, 0.25) is 5.02 Å². The van der Waals surface area contributed by atoms with Crippen molar-refractivity contribution in [3.63, 3.8) is 0 Å². The number of halogens is 1. The molecule has 0 unspecified atom stereocenters. The highest BCUT2D eigenvalue weighted by Gasteiger charge is 2.24. The average Bonchev–Trinajstić information content (AvgIpc) is 2.68. The molecular formula is C11H12ClN5O3. The Labute approximate surface area is 118 Å². The van der Waals surface area contributed by atoms with Gasteiger partial charge in [0.05, 0.1) is 5.10 Å². The molecule has 2 aromatic rings. The van der Waals surface area contributed by atoms with Crippen LogP contribution in [0.4, 0.5) is 5.82 Å². The summed E-state index contributed by atoms with van der Waals surface area (Å²) < 4.78 is 0. The summed E-state index contributed by atoms with van der Waals surface area (Å²) in [4.78, 5) is 15.8. The quantitative estimate of drug-likeness (QED) is 0.530. The lowest BCUT2D eigenvalue weighted by Crippen LogP contribution is -2.23. The normalized spacial score (nSPS) is 12.1. The standard InChI is InChI=1S/C11H12ClN5O3/c1-7(2)13-10-11(17(19)20)14-15(16(10)18)9-5-3-8(12)4-6-9/h3-7,18H,1-2H3. The molecule has 0 aliphatic heterocycles. The number of aromatic nitrogens is 3. The van der Waals surface area contributed by atoms with Gasteiger partial charge in [-0.3, -0.25) is 4.99 Å². The van der Waals surface area contributed by atoms with Crippen LogP contribution in [-0.2, 0) is 0 Å². The summed E-state index contributed by atoms with van der Waals surface area (Å²) >= 11 is 5.77. The van der Waals surface area contributed by atoms with Crippen molar-refractivity contribution >= 4 is 17.4 Å². The second-order valence-corrected chi connectivity index (χ2v) is 4.72. The van der Waals surface area contributed by atoms with Gasteiger partial charge in [-0.1, -0.05) is 16.4 Å². The van der Waals surface area contributed by atoms with E-state index < -0.39 is 10.7 Å². The predicted molar refractivity (Wildman–Crippen MR) is 71.1 cm³/mol. The molecule has 0 aliphatic rings. The van der Waals surface area contributed by atoms with E-state index in [1.807, 2.05) is 0 Å². The maximum Gasteiger partial charge on any atom is 0.438 e. The lowest BCUT2D eigenvalue weighted by Gasteiger charge is -2.00. The van der Waals surface area contributed by atoms with Crippen LogP contribution in [0, 0.1) is 10.1 Å². The zero-order valence-corrected chi connectivity index (χ0v) is 11.5. The van der Waals surface area contributed by atoms with E-state index in [4.69, 9.17) is 11.6 Å². The van der Waals surface area contributed by atoms with Crippen LogP contribution in [0.5, 0.6) is 0 Å². The minimum Gasteiger partial charge on any atom is -0.409 e. The first kappa shape index (κ1) is 14.1. The Bertz CT molecular complexity index is 702. The Hall–Kier alpha value is -2.35.